The maximum Gasteiger partial charge on any atom is 0.213 e. The molecule has 0 spiro atoms. The zero-order valence-electron chi connectivity index (χ0n) is 11.2. The molecule has 106 valence electrons. The van der Waals surface area contributed by atoms with Crippen LogP contribution in [0, 0.1) is 6.92 Å². The zero-order valence-corrected chi connectivity index (χ0v) is 12.0. The van der Waals surface area contributed by atoms with Gasteiger partial charge >= 0.3 is 0 Å². The third-order valence-corrected chi connectivity index (χ3v) is 3.69. The normalized spacial score (nSPS) is 11.3. The van der Waals surface area contributed by atoms with Crippen LogP contribution in [0.1, 0.15) is 16.7 Å². The number of anilines is 1. The Labute approximate surface area is 118 Å². The van der Waals surface area contributed by atoms with Crippen molar-refractivity contribution in [2.45, 2.75) is 19.2 Å². The summed E-state index contributed by atoms with van der Waals surface area (Å²) in [7, 11) is -3.48. The second-order valence-electron chi connectivity index (χ2n) is 4.66. The van der Waals surface area contributed by atoms with Crippen molar-refractivity contribution in [3.63, 3.8) is 0 Å². The van der Waals surface area contributed by atoms with Gasteiger partial charge in [0.05, 0.1) is 5.75 Å². The van der Waals surface area contributed by atoms with Gasteiger partial charge < -0.3 is 5.32 Å². The van der Waals surface area contributed by atoms with Crippen molar-refractivity contribution < 1.29 is 8.42 Å². The van der Waals surface area contributed by atoms with E-state index in [1.807, 2.05) is 31.3 Å². The molecule has 5 nitrogen and oxygen atoms in total. The molecule has 0 bridgehead atoms. The number of hydrogen-bond donors (Lipinski definition) is 2. The Balaban J connectivity index is 1.99. The van der Waals surface area contributed by atoms with Crippen LogP contribution in [0.25, 0.3) is 0 Å². The standard InChI is InChI=1S/C14H17N3O2S/c1-11-6-7-16-8-13(11)9-17-14-4-2-12(3-5-14)10-20(15,18)19/h2-8,17H,9-10H2,1H3,(H2,15,18,19). The molecule has 0 radical (unpaired) electrons. The molecule has 0 fully saturated rings. The van der Waals surface area contributed by atoms with Gasteiger partial charge in [-0.1, -0.05) is 12.1 Å². The van der Waals surface area contributed by atoms with Gasteiger partial charge in [-0.25, -0.2) is 13.6 Å². The molecule has 0 amide bonds. The van der Waals surface area contributed by atoms with Crippen molar-refractivity contribution in [2.75, 3.05) is 5.32 Å². The van der Waals surface area contributed by atoms with Crippen molar-refractivity contribution in [2.24, 2.45) is 5.14 Å². The lowest BCUT2D eigenvalue weighted by atomic mass is 10.1. The van der Waals surface area contributed by atoms with Crippen LogP contribution in [0.15, 0.2) is 42.7 Å². The second kappa shape index (κ2) is 6.02. The van der Waals surface area contributed by atoms with Crippen LogP contribution in [0.4, 0.5) is 5.69 Å². The van der Waals surface area contributed by atoms with E-state index in [4.69, 9.17) is 5.14 Å². The largest absolute Gasteiger partial charge is 0.381 e. The van der Waals surface area contributed by atoms with Gasteiger partial charge in [0, 0.05) is 24.6 Å². The van der Waals surface area contributed by atoms with Gasteiger partial charge in [0.2, 0.25) is 10.0 Å². The number of nitrogens with zero attached hydrogens (tertiary/aromatic N) is 1. The Morgan fingerprint density at radius 3 is 2.50 bits per heavy atom. The predicted molar refractivity (Wildman–Crippen MR) is 79.6 cm³/mol. The van der Waals surface area contributed by atoms with Crippen molar-refractivity contribution in [3.05, 3.63) is 59.4 Å². The van der Waals surface area contributed by atoms with Gasteiger partial charge in [-0.05, 0) is 41.8 Å². The zero-order chi connectivity index (χ0) is 14.6. The molecule has 0 aliphatic heterocycles. The van der Waals surface area contributed by atoms with Gasteiger partial charge in [0.1, 0.15) is 0 Å². The highest BCUT2D eigenvalue weighted by molar-refractivity contribution is 7.88. The molecule has 6 heteroatoms. The van der Waals surface area contributed by atoms with Gasteiger partial charge in [-0.2, -0.15) is 0 Å². The Kier molecular flexibility index (Phi) is 4.36. The number of nitrogens with two attached hydrogens (primary N) is 1. The molecule has 0 saturated heterocycles. The van der Waals surface area contributed by atoms with Crippen LogP contribution in [0.5, 0.6) is 0 Å². The molecule has 1 aromatic carbocycles. The first-order valence-electron chi connectivity index (χ1n) is 6.17. The highest BCUT2D eigenvalue weighted by Crippen LogP contribution is 2.13. The van der Waals surface area contributed by atoms with Crippen molar-refractivity contribution in [1.29, 1.82) is 0 Å². The molecule has 0 aliphatic carbocycles. The summed E-state index contributed by atoms with van der Waals surface area (Å²) >= 11 is 0. The molecule has 1 heterocycles. The van der Waals surface area contributed by atoms with E-state index in [1.54, 1.807) is 18.3 Å². The fourth-order valence-corrected chi connectivity index (χ4v) is 2.49. The molecule has 0 saturated carbocycles. The maximum absolute atomic E-state index is 11.0. The van der Waals surface area contributed by atoms with Crippen LogP contribution in [0.3, 0.4) is 0 Å². The molecule has 3 N–H and O–H groups in total. The lowest BCUT2D eigenvalue weighted by Gasteiger charge is -2.09. The number of hydrogen-bond acceptors (Lipinski definition) is 4. The fourth-order valence-electron chi connectivity index (χ4n) is 1.83. The topological polar surface area (TPSA) is 85.1 Å². The Morgan fingerprint density at radius 1 is 1.20 bits per heavy atom. The minimum atomic E-state index is -3.48. The van der Waals surface area contributed by atoms with Crippen LogP contribution in [-0.4, -0.2) is 13.4 Å². The molecular weight excluding hydrogens is 274 g/mol. The first kappa shape index (κ1) is 14.5. The summed E-state index contributed by atoms with van der Waals surface area (Å²) in [5.74, 6) is -0.144. The maximum atomic E-state index is 11.0. The van der Waals surface area contributed by atoms with Crippen molar-refractivity contribution in [3.8, 4) is 0 Å². The number of benzene rings is 1. The summed E-state index contributed by atoms with van der Waals surface area (Å²) in [6, 6.07) is 9.15. The van der Waals surface area contributed by atoms with E-state index in [2.05, 4.69) is 10.3 Å². The average molecular weight is 291 g/mol. The molecule has 0 aliphatic rings. The smallest absolute Gasteiger partial charge is 0.213 e. The van der Waals surface area contributed by atoms with E-state index in [1.165, 1.54) is 5.56 Å². The number of primary sulfonamides is 1. The molecule has 2 aromatic rings. The van der Waals surface area contributed by atoms with E-state index in [-0.39, 0.29) is 5.75 Å². The van der Waals surface area contributed by atoms with Crippen molar-refractivity contribution in [1.82, 2.24) is 4.98 Å². The van der Waals surface area contributed by atoms with Gasteiger partial charge in [0.15, 0.2) is 0 Å². The highest BCUT2D eigenvalue weighted by Gasteiger charge is 2.04. The summed E-state index contributed by atoms with van der Waals surface area (Å²) in [4.78, 5) is 4.09. The third-order valence-electron chi connectivity index (χ3n) is 2.95. The third kappa shape index (κ3) is 4.32. The lowest BCUT2D eigenvalue weighted by Crippen LogP contribution is -2.14. The predicted octanol–water partition coefficient (Wildman–Crippen LogP) is 1.79. The molecule has 0 atom stereocenters. The summed E-state index contributed by atoms with van der Waals surface area (Å²) < 4.78 is 22.0. The van der Waals surface area contributed by atoms with E-state index in [0.29, 0.717) is 12.1 Å². The first-order valence-corrected chi connectivity index (χ1v) is 7.88. The number of pyridine rings is 1. The van der Waals surface area contributed by atoms with Gasteiger partial charge in [-0.15, -0.1) is 0 Å². The molecule has 0 unspecified atom stereocenters. The number of aromatic nitrogens is 1. The number of nitrogens with one attached hydrogen (secondary N) is 1. The SMILES string of the molecule is Cc1ccncc1CNc1ccc(CS(N)(=O)=O)cc1. The first-order chi connectivity index (χ1) is 9.44. The molecular formula is C14H17N3O2S. The van der Waals surface area contributed by atoms with Gasteiger partial charge in [-0.3, -0.25) is 4.98 Å². The van der Waals surface area contributed by atoms with Crippen LogP contribution in [0.2, 0.25) is 0 Å². The molecule has 1 aromatic heterocycles. The minimum absolute atomic E-state index is 0.144. The van der Waals surface area contributed by atoms with Crippen LogP contribution in [-0.2, 0) is 22.3 Å². The lowest BCUT2D eigenvalue weighted by molar-refractivity contribution is 0.597. The summed E-state index contributed by atoms with van der Waals surface area (Å²) in [5.41, 5.74) is 3.90. The quantitative estimate of drug-likeness (QED) is 0.879. The number of sulfonamides is 1. The van der Waals surface area contributed by atoms with E-state index >= 15 is 0 Å². The number of rotatable bonds is 5. The highest BCUT2D eigenvalue weighted by atomic mass is 32.2. The minimum Gasteiger partial charge on any atom is -0.381 e. The Morgan fingerprint density at radius 2 is 1.90 bits per heavy atom. The molecule has 2 rings (SSSR count). The van der Waals surface area contributed by atoms with Crippen molar-refractivity contribution >= 4 is 15.7 Å². The van der Waals surface area contributed by atoms with Crippen LogP contribution >= 0.6 is 0 Å². The molecule has 20 heavy (non-hydrogen) atoms. The number of aryl methyl sites for hydroxylation is 1. The Bertz CT molecular complexity index is 682. The van der Waals surface area contributed by atoms with E-state index < -0.39 is 10.0 Å². The van der Waals surface area contributed by atoms with Gasteiger partial charge in [0.25, 0.3) is 0 Å². The monoisotopic (exact) mass is 291 g/mol. The van der Waals surface area contributed by atoms with Crippen LogP contribution < -0.4 is 10.5 Å². The summed E-state index contributed by atoms with van der Waals surface area (Å²) in [6.45, 7) is 2.71. The average Bonchev–Trinajstić information content (AvgIpc) is 2.38. The van der Waals surface area contributed by atoms with E-state index in [9.17, 15) is 8.42 Å². The fraction of sp³-hybridized carbons (Fsp3) is 0.214. The Hall–Kier alpha value is -1.92. The summed E-state index contributed by atoms with van der Waals surface area (Å²) in [6.07, 6.45) is 3.60. The summed E-state index contributed by atoms with van der Waals surface area (Å²) in [5, 5.41) is 8.28. The van der Waals surface area contributed by atoms with E-state index in [0.717, 1.165) is 11.3 Å². The second-order valence-corrected chi connectivity index (χ2v) is 6.27.